The molecule has 0 radical (unpaired) electrons. The van der Waals surface area contributed by atoms with Gasteiger partial charge in [-0.1, -0.05) is 13.3 Å². The van der Waals surface area contributed by atoms with E-state index in [1.807, 2.05) is 6.92 Å². The highest BCUT2D eigenvalue weighted by Crippen LogP contribution is 2.44. The maximum atomic E-state index is 13.7. The minimum absolute atomic E-state index is 0.103. The van der Waals surface area contributed by atoms with Gasteiger partial charge in [0.2, 0.25) is 0 Å². The molecular formula is C18H21F3N2O3. The van der Waals surface area contributed by atoms with Crippen molar-refractivity contribution >= 4 is 10.9 Å². The SMILES string of the molecule is CCCCOc1cc(C(F)(F)F)c2c(cnc(=O)n2[C@H]2C[C@](C)(O)C2)c1. The number of fused-ring (bicyclic) bond motifs is 1. The maximum absolute atomic E-state index is 13.7. The Morgan fingerprint density at radius 2 is 2.08 bits per heavy atom. The number of alkyl halides is 3. The van der Waals surface area contributed by atoms with Gasteiger partial charge in [0.25, 0.3) is 0 Å². The highest BCUT2D eigenvalue weighted by atomic mass is 19.4. The number of halogens is 3. The molecule has 1 aliphatic carbocycles. The molecular weight excluding hydrogens is 349 g/mol. The number of aliphatic hydroxyl groups is 1. The highest BCUT2D eigenvalue weighted by Gasteiger charge is 2.42. The largest absolute Gasteiger partial charge is 0.494 e. The Balaban J connectivity index is 2.16. The molecule has 0 spiro atoms. The molecule has 5 nitrogen and oxygen atoms in total. The molecule has 0 saturated heterocycles. The zero-order valence-electron chi connectivity index (χ0n) is 14.6. The van der Waals surface area contributed by atoms with Crippen molar-refractivity contribution in [3.63, 3.8) is 0 Å². The molecule has 1 aliphatic rings. The van der Waals surface area contributed by atoms with Crippen LogP contribution in [0.3, 0.4) is 0 Å². The first-order chi connectivity index (χ1) is 12.1. The van der Waals surface area contributed by atoms with Crippen LogP contribution in [0.15, 0.2) is 23.1 Å². The van der Waals surface area contributed by atoms with E-state index in [1.165, 1.54) is 6.07 Å². The van der Waals surface area contributed by atoms with Crippen molar-refractivity contribution in [3.8, 4) is 5.75 Å². The lowest BCUT2D eigenvalue weighted by Gasteiger charge is -2.42. The normalized spacial score (nSPS) is 23.1. The zero-order chi connectivity index (χ0) is 19.1. The molecule has 2 aromatic rings. The van der Waals surface area contributed by atoms with Gasteiger partial charge < -0.3 is 9.84 Å². The Morgan fingerprint density at radius 3 is 2.65 bits per heavy atom. The van der Waals surface area contributed by atoms with Crippen LogP contribution in [-0.2, 0) is 6.18 Å². The first-order valence-corrected chi connectivity index (χ1v) is 8.60. The highest BCUT2D eigenvalue weighted by molar-refractivity contribution is 5.84. The van der Waals surface area contributed by atoms with Gasteiger partial charge in [-0.2, -0.15) is 13.2 Å². The summed E-state index contributed by atoms with van der Waals surface area (Å²) in [5.74, 6) is 0.103. The van der Waals surface area contributed by atoms with E-state index >= 15 is 0 Å². The summed E-state index contributed by atoms with van der Waals surface area (Å²) in [6, 6.07) is 1.90. The molecule has 1 fully saturated rings. The topological polar surface area (TPSA) is 64.3 Å². The van der Waals surface area contributed by atoms with Gasteiger partial charge in [-0.05, 0) is 38.3 Å². The summed E-state index contributed by atoms with van der Waals surface area (Å²) < 4.78 is 47.6. The number of ether oxygens (including phenoxy) is 1. The molecule has 1 heterocycles. The van der Waals surface area contributed by atoms with Gasteiger partial charge in [0.15, 0.2) is 0 Å². The Kier molecular flexibility index (Phi) is 4.72. The fourth-order valence-electron chi connectivity index (χ4n) is 3.39. The number of benzene rings is 1. The molecule has 142 valence electrons. The molecule has 26 heavy (non-hydrogen) atoms. The smallest absolute Gasteiger partial charge is 0.418 e. The standard InChI is InChI=1S/C18H21F3N2O3/c1-3-4-5-26-13-6-11-10-22-16(24)23(12-8-17(2,25)9-12)15(11)14(7-13)18(19,20)21/h6-7,10,12,25H,3-5,8-9H2,1-2H3/t12-,17-. The van der Waals surface area contributed by atoms with Gasteiger partial charge in [0, 0.05) is 17.6 Å². The van der Waals surface area contributed by atoms with Crippen LogP contribution < -0.4 is 10.4 Å². The second-order valence-electron chi connectivity index (χ2n) is 7.08. The fraction of sp³-hybridized carbons (Fsp3) is 0.556. The molecule has 0 unspecified atom stereocenters. The van der Waals surface area contributed by atoms with E-state index in [2.05, 4.69) is 4.98 Å². The van der Waals surface area contributed by atoms with Gasteiger partial charge in [-0.15, -0.1) is 0 Å². The van der Waals surface area contributed by atoms with Crippen LogP contribution >= 0.6 is 0 Å². The van der Waals surface area contributed by atoms with Crippen LogP contribution in [-0.4, -0.2) is 26.9 Å². The molecule has 0 aliphatic heterocycles. The summed E-state index contributed by atoms with van der Waals surface area (Å²) in [5.41, 5.74) is -2.86. The molecule has 1 aromatic carbocycles. The third-order valence-electron chi connectivity index (χ3n) is 4.66. The minimum Gasteiger partial charge on any atom is -0.494 e. The summed E-state index contributed by atoms with van der Waals surface area (Å²) in [6.07, 6.45) is -1.49. The van der Waals surface area contributed by atoms with Crippen LogP contribution in [0.25, 0.3) is 10.9 Å². The van der Waals surface area contributed by atoms with Crippen molar-refractivity contribution < 1.29 is 23.0 Å². The van der Waals surface area contributed by atoms with Crippen LogP contribution in [0.2, 0.25) is 0 Å². The van der Waals surface area contributed by atoms with Crippen LogP contribution in [0.5, 0.6) is 5.75 Å². The van der Waals surface area contributed by atoms with Gasteiger partial charge in [0.1, 0.15) is 5.75 Å². The van der Waals surface area contributed by atoms with E-state index < -0.39 is 29.1 Å². The Morgan fingerprint density at radius 1 is 1.38 bits per heavy atom. The molecule has 1 saturated carbocycles. The van der Waals surface area contributed by atoms with Crippen LogP contribution in [0, 0.1) is 0 Å². The van der Waals surface area contributed by atoms with Crippen molar-refractivity contribution in [3.05, 3.63) is 34.4 Å². The van der Waals surface area contributed by atoms with E-state index in [-0.39, 0.29) is 29.5 Å². The number of rotatable bonds is 5. The molecule has 1 aromatic heterocycles. The summed E-state index contributed by atoms with van der Waals surface area (Å²) in [5, 5.41) is 10.1. The van der Waals surface area contributed by atoms with Gasteiger partial charge in [0.05, 0.1) is 23.3 Å². The minimum atomic E-state index is -4.65. The molecule has 0 atom stereocenters. The Labute approximate surface area is 148 Å². The van der Waals surface area contributed by atoms with E-state index in [0.717, 1.165) is 29.7 Å². The number of hydrogen-bond acceptors (Lipinski definition) is 4. The van der Waals surface area contributed by atoms with Crippen molar-refractivity contribution in [2.75, 3.05) is 6.61 Å². The summed E-state index contributed by atoms with van der Waals surface area (Å²) >= 11 is 0. The van der Waals surface area contributed by atoms with Gasteiger partial charge in [-0.3, -0.25) is 4.57 Å². The molecule has 1 N–H and O–H groups in total. The van der Waals surface area contributed by atoms with Gasteiger partial charge in [-0.25, -0.2) is 9.78 Å². The monoisotopic (exact) mass is 370 g/mol. The Hall–Kier alpha value is -2.09. The van der Waals surface area contributed by atoms with E-state index in [1.54, 1.807) is 6.92 Å². The summed E-state index contributed by atoms with van der Waals surface area (Å²) in [6.45, 7) is 3.87. The maximum Gasteiger partial charge on any atom is 0.418 e. The first kappa shape index (κ1) is 18.7. The summed E-state index contributed by atoms with van der Waals surface area (Å²) in [4.78, 5) is 15.9. The van der Waals surface area contributed by atoms with Crippen molar-refractivity contribution in [1.82, 2.24) is 9.55 Å². The fourth-order valence-corrected chi connectivity index (χ4v) is 3.39. The van der Waals surface area contributed by atoms with E-state index in [0.29, 0.717) is 6.61 Å². The Bertz CT molecular complexity index is 866. The van der Waals surface area contributed by atoms with E-state index in [9.17, 15) is 23.1 Å². The van der Waals surface area contributed by atoms with E-state index in [4.69, 9.17) is 4.74 Å². The van der Waals surface area contributed by atoms with Crippen LogP contribution in [0.4, 0.5) is 13.2 Å². The lowest BCUT2D eigenvalue weighted by atomic mass is 9.77. The second kappa shape index (κ2) is 6.57. The number of hydrogen-bond donors (Lipinski definition) is 1. The third kappa shape index (κ3) is 3.56. The average Bonchev–Trinajstić information content (AvgIpc) is 2.51. The molecule has 0 bridgehead atoms. The van der Waals surface area contributed by atoms with Crippen molar-refractivity contribution in [1.29, 1.82) is 0 Å². The van der Waals surface area contributed by atoms with Gasteiger partial charge >= 0.3 is 11.9 Å². The van der Waals surface area contributed by atoms with Crippen LogP contribution in [0.1, 0.15) is 51.1 Å². The van der Waals surface area contributed by atoms with Crippen molar-refractivity contribution in [2.45, 2.75) is 57.3 Å². The number of aromatic nitrogens is 2. The van der Waals surface area contributed by atoms with Crippen molar-refractivity contribution in [2.24, 2.45) is 0 Å². The lowest BCUT2D eigenvalue weighted by Crippen LogP contribution is -2.45. The molecule has 0 amide bonds. The molecule has 8 heteroatoms. The summed E-state index contributed by atoms with van der Waals surface area (Å²) in [7, 11) is 0. The predicted octanol–water partition coefficient (Wildman–Crippen LogP) is 3.68. The number of nitrogens with zero attached hydrogens (tertiary/aromatic N) is 2. The average molecular weight is 370 g/mol. The number of unbranched alkanes of at least 4 members (excludes halogenated alkanes) is 1. The zero-order valence-corrected chi connectivity index (χ0v) is 14.6. The second-order valence-corrected chi connectivity index (χ2v) is 7.08. The predicted molar refractivity (Wildman–Crippen MR) is 90.3 cm³/mol. The quantitative estimate of drug-likeness (QED) is 0.816. The first-order valence-electron chi connectivity index (χ1n) is 8.60. The molecule has 3 rings (SSSR count). The lowest BCUT2D eigenvalue weighted by molar-refractivity contribution is -0.136. The third-order valence-corrected chi connectivity index (χ3v) is 4.66.